The summed E-state index contributed by atoms with van der Waals surface area (Å²) in [5.41, 5.74) is 2.45. The second-order valence-electron chi connectivity index (χ2n) is 7.22. The first kappa shape index (κ1) is 20.6. The molecular formula is C23H26FN3O2. The highest BCUT2D eigenvalue weighted by molar-refractivity contribution is 5.93. The summed E-state index contributed by atoms with van der Waals surface area (Å²) in [6, 6.07) is 14.2. The molecule has 0 aliphatic heterocycles. The van der Waals surface area contributed by atoms with E-state index >= 15 is 0 Å². The Kier molecular flexibility index (Phi) is 6.65. The summed E-state index contributed by atoms with van der Waals surface area (Å²) in [5, 5.41) is 4.29. The molecule has 1 aromatic heterocycles. The predicted molar refractivity (Wildman–Crippen MR) is 110 cm³/mol. The second-order valence-corrected chi connectivity index (χ2v) is 7.22. The zero-order valence-electron chi connectivity index (χ0n) is 17.0. The number of rotatable bonds is 8. The molecule has 0 aliphatic carbocycles. The van der Waals surface area contributed by atoms with Gasteiger partial charge in [0.1, 0.15) is 11.6 Å². The van der Waals surface area contributed by atoms with E-state index < -0.39 is 0 Å². The lowest BCUT2D eigenvalue weighted by molar-refractivity contribution is 0.0744. The van der Waals surface area contributed by atoms with Crippen LogP contribution in [0.1, 0.15) is 41.4 Å². The molecule has 3 rings (SSSR count). The Morgan fingerprint density at radius 2 is 1.90 bits per heavy atom. The van der Waals surface area contributed by atoms with Crippen LogP contribution >= 0.6 is 0 Å². The number of ether oxygens (including phenoxy) is 1. The van der Waals surface area contributed by atoms with Gasteiger partial charge in [0.25, 0.3) is 5.91 Å². The highest BCUT2D eigenvalue weighted by atomic mass is 19.1. The Balaban J connectivity index is 1.83. The minimum atomic E-state index is -0.267. The average Bonchev–Trinajstić information content (AvgIpc) is 3.22. The summed E-state index contributed by atoms with van der Waals surface area (Å²) >= 11 is 0. The van der Waals surface area contributed by atoms with Gasteiger partial charge in [-0.15, -0.1) is 0 Å². The fourth-order valence-electron chi connectivity index (χ4n) is 3.12. The lowest BCUT2D eigenvalue weighted by Crippen LogP contribution is -2.32. The van der Waals surface area contributed by atoms with Gasteiger partial charge in [-0.05, 0) is 44.0 Å². The molecule has 0 bridgehead atoms. The molecular weight excluding hydrogens is 369 g/mol. The van der Waals surface area contributed by atoms with Crippen LogP contribution in [0.5, 0.6) is 5.75 Å². The van der Waals surface area contributed by atoms with E-state index in [1.807, 2.05) is 38.1 Å². The molecule has 1 heterocycles. The minimum Gasteiger partial charge on any atom is -0.496 e. The van der Waals surface area contributed by atoms with Crippen LogP contribution in [0, 0.1) is 5.82 Å². The van der Waals surface area contributed by atoms with Crippen molar-refractivity contribution in [1.29, 1.82) is 0 Å². The van der Waals surface area contributed by atoms with Crippen molar-refractivity contribution in [1.82, 2.24) is 14.7 Å². The predicted octanol–water partition coefficient (Wildman–Crippen LogP) is 4.50. The normalized spacial score (nSPS) is 10.9. The van der Waals surface area contributed by atoms with Crippen molar-refractivity contribution in [3.05, 3.63) is 83.4 Å². The van der Waals surface area contributed by atoms with Crippen LogP contribution in [0.3, 0.4) is 0 Å². The molecule has 0 radical (unpaired) electrons. The van der Waals surface area contributed by atoms with E-state index in [1.165, 1.54) is 12.1 Å². The molecule has 5 nitrogen and oxygen atoms in total. The van der Waals surface area contributed by atoms with Gasteiger partial charge in [0, 0.05) is 30.9 Å². The number of halogens is 1. The summed E-state index contributed by atoms with van der Waals surface area (Å²) in [6.07, 6.45) is 4.01. The quantitative estimate of drug-likeness (QED) is 0.564. The topological polar surface area (TPSA) is 47.4 Å². The molecule has 0 saturated heterocycles. The van der Waals surface area contributed by atoms with E-state index in [4.69, 9.17) is 4.74 Å². The smallest absolute Gasteiger partial charge is 0.257 e. The van der Waals surface area contributed by atoms with Crippen molar-refractivity contribution in [2.24, 2.45) is 0 Å². The molecule has 0 saturated carbocycles. The van der Waals surface area contributed by atoms with E-state index in [9.17, 15) is 9.18 Å². The Hall–Kier alpha value is -3.15. The van der Waals surface area contributed by atoms with Crippen LogP contribution in [0.25, 0.3) is 0 Å². The summed E-state index contributed by atoms with van der Waals surface area (Å²) in [5.74, 6) is 0.381. The maximum absolute atomic E-state index is 13.2. The second kappa shape index (κ2) is 9.37. The third-order valence-electron chi connectivity index (χ3n) is 4.80. The van der Waals surface area contributed by atoms with E-state index in [0.29, 0.717) is 25.1 Å². The molecule has 2 aromatic carbocycles. The van der Waals surface area contributed by atoms with Gasteiger partial charge in [-0.2, -0.15) is 5.10 Å². The number of aromatic nitrogens is 2. The van der Waals surface area contributed by atoms with Crippen molar-refractivity contribution < 1.29 is 13.9 Å². The molecule has 0 unspecified atom stereocenters. The van der Waals surface area contributed by atoms with Crippen LogP contribution in [-0.4, -0.2) is 34.2 Å². The Labute approximate surface area is 170 Å². The molecule has 0 atom stereocenters. The molecule has 0 spiro atoms. The standard InChI is InChI=1S/C23H26FN3O2/c1-17(2)27-16-20(14-25-27)23(28)26(13-12-18-8-10-21(24)11-9-18)15-19-6-4-5-7-22(19)29-3/h4-11,14,16-17H,12-13,15H2,1-3H3. The highest BCUT2D eigenvalue weighted by Gasteiger charge is 2.20. The highest BCUT2D eigenvalue weighted by Crippen LogP contribution is 2.21. The maximum atomic E-state index is 13.2. The van der Waals surface area contributed by atoms with Crippen LogP contribution in [0.4, 0.5) is 4.39 Å². The number of hydrogen-bond donors (Lipinski definition) is 0. The van der Waals surface area contributed by atoms with Crippen molar-refractivity contribution in [2.45, 2.75) is 32.9 Å². The number of amides is 1. The molecule has 0 aliphatic rings. The van der Waals surface area contributed by atoms with Crippen LogP contribution in [-0.2, 0) is 13.0 Å². The van der Waals surface area contributed by atoms with Gasteiger partial charge in [0.05, 0.1) is 18.9 Å². The van der Waals surface area contributed by atoms with Gasteiger partial charge < -0.3 is 9.64 Å². The maximum Gasteiger partial charge on any atom is 0.257 e. The summed E-state index contributed by atoms with van der Waals surface area (Å²) in [4.78, 5) is 15.0. The molecule has 152 valence electrons. The lowest BCUT2D eigenvalue weighted by atomic mass is 10.1. The fraction of sp³-hybridized carbons (Fsp3) is 0.304. The number of para-hydroxylation sites is 1. The zero-order valence-corrected chi connectivity index (χ0v) is 17.0. The number of nitrogens with zero attached hydrogens (tertiary/aromatic N) is 3. The summed E-state index contributed by atoms with van der Waals surface area (Å²) in [7, 11) is 1.62. The van der Waals surface area contributed by atoms with E-state index in [-0.39, 0.29) is 17.8 Å². The molecule has 6 heteroatoms. The third-order valence-corrected chi connectivity index (χ3v) is 4.80. The molecule has 0 fully saturated rings. The largest absolute Gasteiger partial charge is 0.496 e. The van der Waals surface area contributed by atoms with E-state index in [2.05, 4.69) is 5.10 Å². The van der Waals surface area contributed by atoms with Gasteiger partial charge >= 0.3 is 0 Å². The first-order valence-corrected chi connectivity index (χ1v) is 9.67. The monoisotopic (exact) mass is 395 g/mol. The van der Waals surface area contributed by atoms with Crippen molar-refractivity contribution >= 4 is 5.91 Å². The fourth-order valence-corrected chi connectivity index (χ4v) is 3.12. The van der Waals surface area contributed by atoms with Gasteiger partial charge in [-0.1, -0.05) is 30.3 Å². The molecule has 1 amide bonds. The number of methoxy groups -OCH3 is 1. The number of benzene rings is 2. The first-order valence-electron chi connectivity index (χ1n) is 9.67. The first-order chi connectivity index (χ1) is 14.0. The van der Waals surface area contributed by atoms with Crippen LogP contribution in [0.2, 0.25) is 0 Å². The van der Waals surface area contributed by atoms with Gasteiger partial charge in [0.15, 0.2) is 0 Å². The summed E-state index contributed by atoms with van der Waals surface area (Å²) in [6.45, 7) is 4.94. The van der Waals surface area contributed by atoms with Crippen molar-refractivity contribution in [2.75, 3.05) is 13.7 Å². The zero-order chi connectivity index (χ0) is 20.8. The molecule has 3 aromatic rings. The summed E-state index contributed by atoms with van der Waals surface area (Å²) < 4.78 is 20.4. The minimum absolute atomic E-state index is 0.0927. The average molecular weight is 395 g/mol. The van der Waals surface area contributed by atoms with Crippen molar-refractivity contribution in [3.8, 4) is 5.75 Å². The van der Waals surface area contributed by atoms with E-state index in [0.717, 1.165) is 16.9 Å². The Morgan fingerprint density at radius 3 is 2.55 bits per heavy atom. The van der Waals surface area contributed by atoms with Crippen LogP contribution in [0.15, 0.2) is 60.9 Å². The lowest BCUT2D eigenvalue weighted by Gasteiger charge is -2.23. The SMILES string of the molecule is COc1ccccc1CN(CCc1ccc(F)cc1)C(=O)c1cnn(C(C)C)c1. The van der Waals surface area contributed by atoms with Gasteiger partial charge in [-0.3, -0.25) is 9.48 Å². The van der Waals surface area contributed by atoms with Crippen molar-refractivity contribution in [3.63, 3.8) is 0 Å². The number of carbonyl (C=O) groups excluding carboxylic acids is 1. The number of carbonyl (C=O) groups is 1. The molecule has 0 N–H and O–H groups in total. The van der Waals surface area contributed by atoms with Gasteiger partial charge in [-0.25, -0.2) is 4.39 Å². The Bertz CT molecular complexity index is 951. The van der Waals surface area contributed by atoms with Crippen LogP contribution < -0.4 is 4.74 Å². The third kappa shape index (κ3) is 5.22. The molecule has 29 heavy (non-hydrogen) atoms. The van der Waals surface area contributed by atoms with Gasteiger partial charge in [0.2, 0.25) is 0 Å². The number of hydrogen-bond acceptors (Lipinski definition) is 3. The van der Waals surface area contributed by atoms with E-state index in [1.54, 1.807) is 41.2 Å². The Morgan fingerprint density at radius 1 is 1.17 bits per heavy atom.